The van der Waals surface area contributed by atoms with Crippen LogP contribution in [0.3, 0.4) is 0 Å². The molecule has 0 aromatic heterocycles. The summed E-state index contributed by atoms with van der Waals surface area (Å²) in [5.74, 6) is 0.524. The summed E-state index contributed by atoms with van der Waals surface area (Å²) in [6.45, 7) is 0.697. The Morgan fingerprint density at radius 2 is 1.71 bits per heavy atom. The van der Waals surface area contributed by atoms with Gasteiger partial charge in [0.1, 0.15) is 13.2 Å². The Hall–Kier alpha value is -2.53. The number of esters is 1. The number of halogens is 1. The van der Waals surface area contributed by atoms with Crippen LogP contribution in [0.25, 0.3) is 0 Å². The first-order valence-corrected chi connectivity index (χ1v) is 7.82. The normalized spacial score (nSPS) is 12.5. The van der Waals surface area contributed by atoms with Crippen molar-refractivity contribution in [2.24, 2.45) is 0 Å². The van der Waals surface area contributed by atoms with Gasteiger partial charge in [-0.25, -0.2) is 0 Å². The molecule has 0 saturated carbocycles. The van der Waals surface area contributed by atoms with Gasteiger partial charge in [-0.15, -0.1) is 0 Å². The van der Waals surface area contributed by atoms with Gasteiger partial charge < -0.3 is 14.2 Å². The third-order valence-corrected chi connectivity index (χ3v) is 3.74. The van der Waals surface area contributed by atoms with Crippen LogP contribution in [0.1, 0.15) is 15.9 Å². The molecule has 5 nitrogen and oxygen atoms in total. The van der Waals surface area contributed by atoms with Gasteiger partial charge in [-0.05, 0) is 42.0 Å². The maximum Gasteiger partial charge on any atom is 0.310 e. The average molecular weight is 347 g/mol. The molecule has 2 aromatic carbocycles. The van der Waals surface area contributed by atoms with Crippen molar-refractivity contribution in [3.63, 3.8) is 0 Å². The summed E-state index contributed by atoms with van der Waals surface area (Å²) in [5, 5.41) is 0.544. The van der Waals surface area contributed by atoms with E-state index in [1.807, 2.05) is 0 Å². The monoisotopic (exact) mass is 346 g/mol. The lowest BCUT2D eigenvalue weighted by molar-refractivity contribution is -0.141. The van der Waals surface area contributed by atoms with Crippen molar-refractivity contribution in [2.45, 2.75) is 6.42 Å². The van der Waals surface area contributed by atoms with E-state index in [9.17, 15) is 9.59 Å². The van der Waals surface area contributed by atoms with E-state index >= 15 is 0 Å². The quantitative estimate of drug-likeness (QED) is 0.615. The van der Waals surface area contributed by atoms with Gasteiger partial charge in [0, 0.05) is 10.6 Å². The summed E-state index contributed by atoms with van der Waals surface area (Å²) in [7, 11) is 0. The fraction of sp³-hybridized carbons (Fsp3) is 0.222. The van der Waals surface area contributed by atoms with Crippen molar-refractivity contribution in [1.82, 2.24) is 0 Å². The Kier molecular flexibility index (Phi) is 5.01. The van der Waals surface area contributed by atoms with Crippen LogP contribution >= 0.6 is 11.6 Å². The highest BCUT2D eigenvalue weighted by Gasteiger charge is 2.15. The molecule has 2 aromatic rings. The summed E-state index contributed by atoms with van der Waals surface area (Å²) in [4.78, 5) is 23.9. The number of rotatable bonds is 5. The molecule has 24 heavy (non-hydrogen) atoms. The minimum absolute atomic E-state index is 0.0601. The molecule has 0 amide bonds. The molecule has 0 bridgehead atoms. The lowest BCUT2D eigenvalue weighted by Crippen LogP contribution is -2.17. The van der Waals surface area contributed by atoms with E-state index in [2.05, 4.69) is 0 Å². The van der Waals surface area contributed by atoms with Gasteiger partial charge in [-0.2, -0.15) is 0 Å². The van der Waals surface area contributed by atoms with E-state index in [1.165, 1.54) is 0 Å². The van der Waals surface area contributed by atoms with Crippen molar-refractivity contribution in [3.8, 4) is 11.5 Å². The Morgan fingerprint density at radius 1 is 1.00 bits per heavy atom. The van der Waals surface area contributed by atoms with Crippen LogP contribution < -0.4 is 9.47 Å². The van der Waals surface area contributed by atoms with Crippen molar-refractivity contribution >= 4 is 23.4 Å². The topological polar surface area (TPSA) is 61.8 Å². The van der Waals surface area contributed by atoms with Gasteiger partial charge in [0.2, 0.25) is 0 Å². The average Bonchev–Trinajstić information content (AvgIpc) is 2.60. The number of ketones is 1. The number of fused-ring (bicyclic) bond motifs is 1. The van der Waals surface area contributed by atoms with Crippen LogP contribution in [-0.4, -0.2) is 31.6 Å². The zero-order valence-electron chi connectivity index (χ0n) is 12.8. The minimum Gasteiger partial charge on any atom is -0.486 e. The van der Waals surface area contributed by atoms with Gasteiger partial charge in [-0.1, -0.05) is 17.7 Å². The van der Waals surface area contributed by atoms with E-state index in [1.54, 1.807) is 42.5 Å². The summed E-state index contributed by atoms with van der Waals surface area (Å²) in [5.41, 5.74) is 1.19. The van der Waals surface area contributed by atoms with Gasteiger partial charge in [0.25, 0.3) is 0 Å². The highest BCUT2D eigenvalue weighted by atomic mass is 35.5. The second kappa shape index (κ2) is 7.36. The van der Waals surface area contributed by atoms with Gasteiger partial charge in [0.05, 0.1) is 6.42 Å². The molecular weight excluding hydrogens is 332 g/mol. The highest BCUT2D eigenvalue weighted by Crippen LogP contribution is 2.30. The van der Waals surface area contributed by atoms with E-state index in [4.69, 9.17) is 25.8 Å². The zero-order chi connectivity index (χ0) is 16.9. The standard InChI is InChI=1S/C18H15ClO5/c19-14-4-2-13(3-5-14)15(20)11-24-18(21)10-12-1-6-16-17(9-12)23-8-7-22-16/h1-6,9H,7-8,10-11H2. The van der Waals surface area contributed by atoms with Gasteiger partial charge >= 0.3 is 5.97 Å². The SMILES string of the molecule is O=C(Cc1ccc2c(c1)OCCO2)OCC(=O)c1ccc(Cl)cc1. The van der Waals surface area contributed by atoms with Crippen molar-refractivity contribution in [1.29, 1.82) is 0 Å². The molecule has 0 atom stereocenters. The van der Waals surface area contributed by atoms with Gasteiger partial charge in [-0.3, -0.25) is 9.59 Å². The van der Waals surface area contributed by atoms with Crippen LogP contribution in [-0.2, 0) is 16.0 Å². The van der Waals surface area contributed by atoms with Crippen molar-refractivity contribution in [2.75, 3.05) is 19.8 Å². The second-order valence-electron chi connectivity index (χ2n) is 5.25. The predicted octanol–water partition coefficient (Wildman–Crippen LogP) is 3.08. The van der Waals surface area contributed by atoms with E-state index < -0.39 is 5.97 Å². The molecule has 0 saturated heterocycles. The predicted molar refractivity (Wildman–Crippen MR) is 87.9 cm³/mol. The Morgan fingerprint density at radius 3 is 2.46 bits per heavy atom. The van der Waals surface area contributed by atoms with Gasteiger partial charge in [0.15, 0.2) is 23.9 Å². The molecule has 0 N–H and O–H groups in total. The highest BCUT2D eigenvalue weighted by molar-refractivity contribution is 6.30. The fourth-order valence-electron chi connectivity index (χ4n) is 2.28. The van der Waals surface area contributed by atoms with Crippen LogP contribution in [0.4, 0.5) is 0 Å². The Balaban J connectivity index is 1.54. The van der Waals surface area contributed by atoms with Crippen molar-refractivity contribution in [3.05, 3.63) is 58.6 Å². The molecule has 0 radical (unpaired) electrons. The molecule has 0 spiro atoms. The summed E-state index contributed by atoms with van der Waals surface area (Å²) < 4.78 is 15.9. The molecule has 1 aliphatic heterocycles. The molecule has 124 valence electrons. The number of ether oxygens (including phenoxy) is 3. The zero-order valence-corrected chi connectivity index (χ0v) is 13.5. The maximum absolute atomic E-state index is 11.9. The first-order chi connectivity index (χ1) is 11.6. The number of hydrogen-bond acceptors (Lipinski definition) is 5. The Bertz CT molecular complexity index is 755. The summed E-state index contributed by atoms with van der Waals surface area (Å²) in [6, 6.07) is 11.7. The molecule has 0 fully saturated rings. The second-order valence-corrected chi connectivity index (χ2v) is 5.68. The number of benzene rings is 2. The number of carbonyl (C=O) groups is 2. The summed E-state index contributed by atoms with van der Waals surface area (Å²) >= 11 is 5.77. The number of Topliss-reactive ketones (excluding diaryl/α,β-unsaturated/α-hetero) is 1. The van der Waals surface area contributed by atoms with Crippen LogP contribution in [0.5, 0.6) is 11.5 Å². The molecule has 1 heterocycles. The lowest BCUT2D eigenvalue weighted by Gasteiger charge is -2.18. The fourth-order valence-corrected chi connectivity index (χ4v) is 2.41. The summed E-state index contributed by atoms with van der Waals surface area (Å²) in [6.07, 6.45) is 0.0601. The lowest BCUT2D eigenvalue weighted by atomic mass is 10.1. The first-order valence-electron chi connectivity index (χ1n) is 7.45. The van der Waals surface area contributed by atoms with Crippen LogP contribution in [0.15, 0.2) is 42.5 Å². The molecular formula is C18H15ClO5. The molecule has 0 aliphatic carbocycles. The van der Waals surface area contributed by atoms with Crippen LogP contribution in [0, 0.1) is 0 Å². The van der Waals surface area contributed by atoms with E-state index in [0.29, 0.717) is 35.3 Å². The maximum atomic E-state index is 11.9. The van der Waals surface area contributed by atoms with Crippen LogP contribution in [0.2, 0.25) is 5.02 Å². The molecule has 3 rings (SSSR count). The number of carbonyl (C=O) groups excluding carboxylic acids is 2. The third-order valence-electron chi connectivity index (χ3n) is 3.49. The third kappa shape index (κ3) is 4.06. The van der Waals surface area contributed by atoms with Crippen molar-refractivity contribution < 1.29 is 23.8 Å². The molecule has 1 aliphatic rings. The molecule has 0 unspecified atom stereocenters. The Labute approximate surface area is 144 Å². The molecule has 6 heteroatoms. The number of hydrogen-bond donors (Lipinski definition) is 0. The van der Waals surface area contributed by atoms with E-state index in [-0.39, 0.29) is 18.8 Å². The first kappa shape index (κ1) is 16.3. The largest absolute Gasteiger partial charge is 0.486 e. The minimum atomic E-state index is -0.478. The van der Waals surface area contributed by atoms with E-state index in [0.717, 1.165) is 5.56 Å². The smallest absolute Gasteiger partial charge is 0.310 e.